The van der Waals surface area contributed by atoms with Crippen molar-refractivity contribution in [1.82, 2.24) is 15.2 Å². The van der Waals surface area contributed by atoms with Gasteiger partial charge in [0, 0.05) is 11.1 Å². The van der Waals surface area contributed by atoms with Crippen LogP contribution in [0.5, 0.6) is 0 Å². The first-order chi connectivity index (χ1) is 10.1. The van der Waals surface area contributed by atoms with Crippen molar-refractivity contribution in [3.8, 4) is 0 Å². The molecule has 114 valence electrons. The largest absolute Gasteiger partial charge is 0.375 e. The summed E-state index contributed by atoms with van der Waals surface area (Å²) in [6.45, 7) is 0.265. The van der Waals surface area contributed by atoms with E-state index in [-0.39, 0.29) is 18.5 Å². The molecular formula is C14H20N4O2S. The van der Waals surface area contributed by atoms with Gasteiger partial charge >= 0.3 is 6.03 Å². The first-order valence-corrected chi connectivity index (χ1v) is 8.27. The van der Waals surface area contributed by atoms with E-state index in [1.54, 1.807) is 6.20 Å². The smallest absolute Gasteiger partial charge is 0.325 e. The third-order valence-corrected chi connectivity index (χ3v) is 5.15. The predicted octanol–water partition coefficient (Wildman–Crippen LogP) is 2.26. The van der Waals surface area contributed by atoms with Crippen molar-refractivity contribution in [2.24, 2.45) is 0 Å². The number of urea groups is 1. The number of hydrogen-bond donors (Lipinski definition) is 2. The molecule has 0 bridgehead atoms. The zero-order valence-corrected chi connectivity index (χ0v) is 12.7. The Morgan fingerprint density at radius 1 is 1.24 bits per heavy atom. The number of hydrogen-bond acceptors (Lipinski definition) is 5. The quantitative estimate of drug-likeness (QED) is 0.820. The number of nitrogens with two attached hydrogens (primary N) is 1. The fraction of sp³-hybridized carbons (Fsp3) is 0.643. The minimum atomic E-state index is -0.673. The van der Waals surface area contributed by atoms with Gasteiger partial charge in [-0.05, 0) is 12.8 Å². The van der Waals surface area contributed by atoms with Gasteiger partial charge in [0.15, 0.2) is 5.13 Å². The van der Waals surface area contributed by atoms with Crippen LogP contribution in [0.4, 0.5) is 9.93 Å². The molecule has 1 aliphatic heterocycles. The van der Waals surface area contributed by atoms with Gasteiger partial charge in [0.1, 0.15) is 5.54 Å². The maximum Gasteiger partial charge on any atom is 0.325 e. The number of anilines is 1. The molecule has 1 spiro atoms. The number of nitrogens with one attached hydrogen (secondary N) is 1. The third kappa shape index (κ3) is 2.74. The minimum absolute atomic E-state index is 0.0821. The molecule has 3 rings (SSSR count). The molecule has 0 aromatic carbocycles. The Balaban J connectivity index is 1.77. The van der Waals surface area contributed by atoms with Crippen molar-refractivity contribution >= 4 is 28.4 Å². The van der Waals surface area contributed by atoms with E-state index in [2.05, 4.69) is 10.3 Å². The van der Waals surface area contributed by atoms with Crippen LogP contribution in [0.25, 0.3) is 0 Å². The summed E-state index contributed by atoms with van der Waals surface area (Å²) in [4.78, 5) is 31.1. The van der Waals surface area contributed by atoms with Gasteiger partial charge in [-0.3, -0.25) is 9.69 Å². The second-order valence-electron chi connectivity index (χ2n) is 5.84. The fourth-order valence-corrected chi connectivity index (χ4v) is 3.89. The average Bonchev–Trinajstić information content (AvgIpc) is 2.92. The van der Waals surface area contributed by atoms with Gasteiger partial charge in [-0.2, -0.15) is 0 Å². The van der Waals surface area contributed by atoms with E-state index < -0.39 is 5.54 Å². The minimum Gasteiger partial charge on any atom is -0.375 e. The number of aromatic nitrogens is 1. The lowest BCUT2D eigenvalue weighted by Gasteiger charge is -2.28. The molecule has 3 N–H and O–H groups in total. The summed E-state index contributed by atoms with van der Waals surface area (Å²) in [6.07, 6.45) is 8.61. The van der Waals surface area contributed by atoms with Crippen LogP contribution in [0.3, 0.4) is 0 Å². The van der Waals surface area contributed by atoms with Gasteiger partial charge in [-0.25, -0.2) is 9.78 Å². The van der Waals surface area contributed by atoms with Gasteiger partial charge in [-0.1, -0.05) is 32.1 Å². The molecule has 6 nitrogen and oxygen atoms in total. The van der Waals surface area contributed by atoms with Crippen LogP contribution in [0.2, 0.25) is 0 Å². The maximum atomic E-state index is 12.8. The number of amides is 3. The highest BCUT2D eigenvalue weighted by Gasteiger charge is 2.50. The van der Waals surface area contributed by atoms with Crippen LogP contribution in [-0.2, 0) is 11.3 Å². The van der Waals surface area contributed by atoms with E-state index in [0.29, 0.717) is 5.13 Å². The lowest BCUT2D eigenvalue weighted by molar-refractivity contribution is -0.132. The van der Waals surface area contributed by atoms with Crippen molar-refractivity contribution in [3.05, 3.63) is 11.1 Å². The van der Waals surface area contributed by atoms with E-state index in [4.69, 9.17) is 5.73 Å². The van der Waals surface area contributed by atoms with Crippen LogP contribution in [0, 0.1) is 0 Å². The molecule has 1 aromatic heterocycles. The number of carbonyl (C=O) groups excluding carboxylic acids is 2. The standard InChI is InChI=1S/C14H20N4O2S/c15-12-16-8-10(21-12)9-18-11(19)14(17-13(18)20)6-4-2-1-3-5-7-14/h8H,1-7,9H2,(H2,15,16)(H,17,20). The second-order valence-corrected chi connectivity index (χ2v) is 6.98. The SMILES string of the molecule is Nc1ncc(CN2C(=O)NC3(CCCCCCC3)C2=O)s1. The molecule has 21 heavy (non-hydrogen) atoms. The highest BCUT2D eigenvalue weighted by atomic mass is 32.1. The van der Waals surface area contributed by atoms with Crippen LogP contribution in [0.1, 0.15) is 49.8 Å². The van der Waals surface area contributed by atoms with Crippen LogP contribution in [0.15, 0.2) is 6.20 Å². The van der Waals surface area contributed by atoms with Gasteiger partial charge < -0.3 is 11.1 Å². The van der Waals surface area contributed by atoms with Crippen LogP contribution in [-0.4, -0.2) is 27.4 Å². The van der Waals surface area contributed by atoms with E-state index in [1.807, 2.05) is 0 Å². The monoisotopic (exact) mass is 308 g/mol. The van der Waals surface area contributed by atoms with Crippen molar-refractivity contribution in [1.29, 1.82) is 0 Å². The number of nitrogen functional groups attached to an aromatic ring is 1. The molecule has 1 aliphatic carbocycles. The van der Waals surface area contributed by atoms with Crippen LogP contribution >= 0.6 is 11.3 Å². The highest BCUT2D eigenvalue weighted by molar-refractivity contribution is 7.15. The first kappa shape index (κ1) is 14.3. The summed E-state index contributed by atoms with van der Waals surface area (Å²) < 4.78 is 0. The molecule has 1 saturated carbocycles. The zero-order valence-electron chi connectivity index (χ0n) is 11.9. The number of carbonyl (C=O) groups is 2. The molecule has 1 saturated heterocycles. The molecule has 3 amide bonds. The van der Waals surface area contributed by atoms with Crippen molar-refractivity contribution in [3.63, 3.8) is 0 Å². The van der Waals surface area contributed by atoms with E-state index in [9.17, 15) is 9.59 Å². The van der Waals surface area contributed by atoms with Crippen molar-refractivity contribution < 1.29 is 9.59 Å². The Bertz CT molecular complexity index is 549. The lowest BCUT2D eigenvalue weighted by Crippen LogP contribution is -2.47. The van der Waals surface area contributed by atoms with E-state index in [1.165, 1.54) is 22.7 Å². The Kier molecular flexibility index (Phi) is 3.84. The molecule has 0 atom stereocenters. The summed E-state index contributed by atoms with van der Waals surface area (Å²) in [5.74, 6) is -0.0821. The van der Waals surface area contributed by atoms with E-state index in [0.717, 1.165) is 43.4 Å². The van der Waals surface area contributed by atoms with Gasteiger partial charge in [0.2, 0.25) is 0 Å². The van der Waals surface area contributed by atoms with E-state index >= 15 is 0 Å². The zero-order chi connectivity index (χ0) is 14.9. The topological polar surface area (TPSA) is 88.3 Å². The highest BCUT2D eigenvalue weighted by Crippen LogP contribution is 2.33. The summed E-state index contributed by atoms with van der Waals surface area (Å²) in [7, 11) is 0. The first-order valence-electron chi connectivity index (χ1n) is 7.45. The molecule has 0 unspecified atom stereocenters. The molecular weight excluding hydrogens is 288 g/mol. The molecule has 7 heteroatoms. The Morgan fingerprint density at radius 3 is 2.52 bits per heavy atom. The van der Waals surface area contributed by atoms with Crippen molar-refractivity contribution in [2.45, 2.75) is 57.0 Å². The van der Waals surface area contributed by atoms with Gasteiger partial charge in [-0.15, -0.1) is 11.3 Å². The number of imide groups is 1. The predicted molar refractivity (Wildman–Crippen MR) is 80.7 cm³/mol. The Hall–Kier alpha value is -1.63. The van der Waals surface area contributed by atoms with Crippen molar-refractivity contribution in [2.75, 3.05) is 5.73 Å². The number of rotatable bonds is 2. The van der Waals surface area contributed by atoms with Crippen LogP contribution < -0.4 is 11.1 Å². The Labute approximate surface area is 127 Å². The fourth-order valence-electron chi connectivity index (χ4n) is 3.22. The molecule has 2 heterocycles. The molecule has 1 aromatic rings. The molecule has 0 radical (unpaired) electrons. The molecule has 2 fully saturated rings. The van der Waals surface area contributed by atoms with Gasteiger partial charge in [0.25, 0.3) is 5.91 Å². The number of thiazole rings is 1. The number of nitrogens with zero attached hydrogens (tertiary/aromatic N) is 2. The molecule has 2 aliphatic rings. The average molecular weight is 308 g/mol. The van der Waals surface area contributed by atoms with Gasteiger partial charge in [0.05, 0.1) is 6.54 Å². The second kappa shape index (κ2) is 5.63. The lowest BCUT2D eigenvalue weighted by atomic mass is 9.84. The Morgan fingerprint density at radius 2 is 1.90 bits per heavy atom. The summed E-state index contributed by atoms with van der Waals surface area (Å²) in [5.41, 5.74) is 4.93. The maximum absolute atomic E-state index is 12.8. The summed E-state index contributed by atoms with van der Waals surface area (Å²) >= 11 is 1.31. The summed E-state index contributed by atoms with van der Waals surface area (Å²) in [6, 6.07) is -0.285. The summed E-state index contributed by atoms with van der Waals surface area (Å²) in [5, 5.41) is 3.41. The third-order valence-electron chi connectivity index (χ3n) is 4.34. The normalized spacial score (nSPS) is 22.2.